The van der Waals surface area contributed by atoms with Gasteiger partial charge in [-0.2, -0.15) is 5.10 Å². The fourth-order valence-electron chi connectivity index (χ4n) is 3.48. The van der Waals surface area contributed by atoms with Crippen LogP contribution in [0.25, 0.3) is 11.0 Å². The van der Waals surface area contributed by atoms with Crippen LogP contribution in [0.1, 0.15) is 11.1 Å². The van der Waals surface area contributed by atoms with E-state index in [9.17, 15) is 8.42 Å². The lowest BCUT2D eigenvalue weighted by Crippen LogP contribution is -2.15. The number of nitrogens with zero attached hydrogens (tertiary/aromatic N) is 3. The number of nitrogens with one attached hydrogen (secondary N) is 1. The molecule has 1 N–H and O–H groups in total. The summed E-state index contributed by atoms with van der Waals surface area (Å²) in [4.78, 5) is -0.145. The number of methoxy groups -OCH3 is 3. The number of aryl methyl sites for hydroxylation is 1. The fourth-order valence-corrected chi connectivity index (χ4v) is 4.81. The third-order valence-electron chi connectivity index (χ3n) is 4.87. The average Bonchev–Trinajstić information content (AvgIpc) is 3.37. The minimum absolute atomic E-state index is 0.00210. The highest BCUT2D eigenvalue weighted by Crippen LogP contribution is 2.38. The minimum atomic E-state index is -4.13. The molecule has 0 spiro atoms. The summed E-state index contributed by atoms with van der Waals surface area (Å²) in [5.41, 5.74) is 2.30. The summed E-state index contributed by atoms with van der Waals surface area (Å²) in [5.74, 6) is 0.691. The first-order valence-electron chi connectivity index (χ1n) is 9.54. The molecule has 32 heavy (non-hydrogen) atoms. The number of aromatic nitrogens is 3. The van der Waals surface area contributed by atoms with Crippen molar-refractivity contribution in [1.29, 1.82) is 0 Å². The maximum absolute atomic E-state index is 13.2. The van der Waals surface area contributed by atoms with Crippen LogP contribution in [0.2, 0.25) is 0 Å². The van der Waals surface area contributed by atoms with Crippen molar-refractivity contribution in [1.82, 2.24) is 14.9 Å². The molecule has 11 heteroatoms. The molecule has 0 saturated heterocycles. The van der Waals surface area contributed by atoms with Crippen molar-refractivity contribution in [3.05, 3.63) is 53.9 Å². The Hall–Kier alpha value is -3.73. The Labute approximate surface area is 184 Å². The van der Waals surface area contributed by atoms with Crippen molar-refractivity contribution in [2.75, 3.05) is 26.1 Å². The Balaban J connectivity index is 1.74. The molecule has 0 aliphatic rings. The number of hydrogen-bond acceptors (Lipinski definition) is 8. The van der Waals surface area contributed by atoms with E-state index >= 15 is 0 Å². The zero-order valence-corrected chi connectivity index (χ0v) is 18.8. The third kappa shape index (κ3) is 3.94. The van der Waals surface area contributed by atoms with Crippen molar-refractivity contribution in [3.8, 4) is 17.2 Å². The molecule has 4 rings (SSSR count). The molecule has 4 aromatic rings. The SMILES string of the molecule is COc1cccc(OC)c1S(=O)(=O)Nc1noc2cc(Cc3cnn(C)c3)cc(OC)c12. The van der Waals surface area contributed by atoms with Crippen LogP contribution in [0.3, 0.4) is 0 Å². The van der Waals surface area contributed by atoms with E-state index in [1.807, 2.05) is 19.3 Å². The van der Waals surface area contributed by atoms with Crippen LogP contribution in [0, 0.1) is 0 Å². The number of ether oxygens (including phenoxy) is 3. The lowest BCUT2D eigenvalue weighted by molar-refractivity contribution is 0.373. The molecule has 0 amide bonds. The van der Waals surface area contributed by atoms with Gasteiger partial charge in [0.25, 0.3) is 10.0 Å². The zero-order valence-electron chi connectivity index (χ0n) is 17.9. The number of hydrogen-bond donors (Lipinski definition) is 1. The van der Waals surface area contributed by atoms with Gasteiger partial charge in [-0.1, -0.05) is 11.2 Å². The summed E-state index contributed by atoms with van der Waals surface area (Å²) in [6.07, 6.45) is 4.29. The van der Waals surface area contributed by atoms with Gasteiger partial charge in [0.05, 0.1) is 27.5 Å². The summed E-state index contributed by atoms with van der Waals surface area (Å²) in [7, 11) is 1.98. The van der Waals surface area contributed by atoms with Gasteiger partial charge < -0.3 is 18.7 Å². The van der Waals surface area contributed by atoms with Gasteiger partial charge in [-0.05, 0) is 35.4 Å². The topological polar surface area (TPSA) is 118 Å². The molecule has 0 aliphatic carbocycles. The second kappa shape index (κ2) is 8.42. The molecule has 2 aromatic carbocycles. The summed E-state index contributed by atoms with van der Waals surface area (Å²) >= 11 is 0. The Bertz CT molecular complexity index is 1350. The number of benzene rings is 2. The van der Waals surface area contributed by atoms with E-state index in [0.717, 1.165) is 11.1 Å². The van der Waals surface area contributed by atoms with Gasteiger partial charge in [0, 0.05) is 19.7 Å². The molecule has 168 valence electrons. The van der Waals surface area contributed by atoms with Crippen molar-refractivity contribution >= 4 is 26.8 Å². The first-order valence-corrected chi connectivity index (χ1v) is 11.0. The van der Waals surface area contributed by atoms with Crippen molar-refractivity contribution in [2.45, 2.75) is 11.3 Å². The quantitative estimate of drug-likeness (QED) is 0.428. The van der Waals surface area contributed by atoms with Crippen LogP contribution in [0.15, 0.2) is 52.1 Å². The summed E-state index contributed by atoms with van der Waals surface area (Å²) in [5, 5.41) is 8.51. The van der Waals surface area contributed by atoms with Crippen LogP contribution in [-0.4, -0.2) is 44.7 Å². The molecule has 0 unspecified atom stereocenters. The standard InChI is InChI=1S/C21H22N4O6S/c1-25-12-14(11-22-25)8-13-9-17(30-4)19-18(10-13)31-23-21(19)24-32(26,27)20-15(28-2)6-5-7-16(20)29-3/h5-7,9-12H,8H2,1-4H3,(H,23,24). The van der Waals surface area contributed by atoms with E-state index in [0.29, 0.717) is 23.1 Å². The number of rotatable bonds is 8. The molecule has 0 atom stereocenters. The Morgan fingerprint density at radius 2 is 1.72 bits per heavy atom. The zero-order chi connectivity index (χ0) is 22.9. The Kier molecular flexibility index (Phi) is 5.66. The van der Waals surface area contributed by atoms with Gasteiger partial charge in [-0.3, -0.25) is 9.40 Å². The van der Waals surface area contributed by atoms with Crippen molar-refractivity contribution in [2.24, 2.45) is 7.05 Å². The monoisotopic (exact) mass is 458 g/mol. The van der Waals surface area contributed by atoms with Gasteiger partial charge in [-0.15, -0.1) is 0 Å². The normalized spacial score (nSPS) is 11.5. The predicted octanol–water partition coefficient (Wildman–Crippen LogP) is 2.98. The van der Waals surface area contributed by atoms with Gasteiger partial charge >= 0.3 is 0 Å². The highest BCUT2D eigenvalue weighted by Gasteiger charge is 2.28. The van der Waals surface area contributed by atoms with Crippen LogP contribution < -0.4 is 18.9 Å². The summed E-state index contributed by atoms with van der Waals surface area (Å²) < 4.78 is 52.0. The van der Waals surface area contributed by atoms with Gasteiger partial charge in [-0.25, -0.2) is 8.42 Å². The van der Waals surface area contributed by atoms with Crippen LogP contribution in [0.5, 0.6) is 17.2 Å². The summed E-state index contributed by atoms with van der Waals surface area (Å²) in [6.45, 7) is 0. The van der Waals surface area contributed by atoms with E-state index < -0.39 is 10.0 Å². The maximum Gasteiger partial charge on any atom is 0.270 e. The van der Waals surface area contributed by atoms with Gasteiger partial charge in [0.2, 0.25) is 0 Å². The van der Waals surface area contributed by atoms with E-state index in [4.69, 9.17) is 18.7 Å². The molecule has 2 aromatic heterocycles. The number of anilines is 1. The largest absolute Gasteiger partial charge is 0.496 e. The second-order valence-corrected chi connectivity index (χ2v) is 8.62. The van der Waals surface area contributed by atoms with Crippen LogP contribution in [0.4, 0.5) is 5.82 Å². The van der Waals surface area contributed by atoms with Crippen molar-refractivity contribution < 1.29 is 27.2 Å². The van der Waals surface area contributed by atoms with Crippen molar-refractivity contribution in [3.63, 3.8) is 0 Å². The second-order valence-electron chi connectivity index (χ2n) is 7.00. The molecular weight excluding hydrogens is 436 g/mol. The maximum atomic E-state index is 13.2. The lowest BCUT2D eigenvalue weighted by atomic mass is 10.1. The van der Waals surface area contributed by atoms with E-state index in [1.165, 1.54) is 33.5 Å². The Morgan fingerprint density at radius 3 is 2.31 bits per heavy atom. The van der Waals surface area contributed by atoms with E-state index in [1.54, 1.807) is 23.0 Å². The summed E-state index contributed by atoms with van der Waals surface area (Å²) in [6, 6.07) is 8.30. The highest BCUT2D eigenvalue weighted by molar-refractivity contribution is 7.93. The fraction of sp³-hybridized carbons (Fsp3) is 0.238. The molecule has 0 bridgehead atoms. The predicted molar refractivity (Wildman–Crippen MR) is 117 cm³/mol. The van der Waals surface area contributed by atoms with Crippen LogP contribution >= 0.6 is 0 Å². The number of sulfonamides is 1. The highest BCUT2D eigenvalue weighted by atomic mass is 32.2. The molecule has 10 nitrogen and oxygen atoms in total. The molecule has 2 heterocycles. The smallest absolute Gasteiger partial charge is 0.270 e. The lowest BCUT2D eigenvalue weighted by Gasteiger charge is -2.14. The Morgan fingerprint density at radius 1 is 1.03 bits per heavy atom. The first-order chi connectivity index (χ1) is 15.4. The minimum Gasteiger partial charge on any atom is -0.496 e. The van der Waals surface area contributed by atoms with Gasteiger partial charge in [0.1, 0.15) is 22.6 Å². The first kappa shape index (κ1) is 21.5. The van der Waals surface area contributed by atoms with Crippen LogP contribution in [-0.2, 0) is 23.5 Å². The molecule has 0 saturated carbocycles. The molecule has 0 radical (unpaired) electrons. The third-order valence-corrected chi connectivity index (χ3v) is 6.27. The van der Waals surface area contributed by atoms with E-state index in [-0.39, 0.29) is 22.2 Å². The average molecular weight is 458 g/mol. The molecular formula is C21H22N4O6S. The molecule has 0 fully saturated rings. The van der Waals surface area contributed by atoms with Gasteiger partial charge in [0.15, 0.2) is 16.3 Å². The number of fused-ring (bicyclic) bond motifs is 1. The van der Waals surface area contributed by atoms with E-state index in [2.05, 4.69) is 15.0 Å². The molecule has 0 aliphatic heterocycles.